The summed E-state index contributed by atoms with van der Waals surface area (Å²) in [5, 5.41) is 3.34. The number of ether oxygens (including phenoxy) is 1. The van der Waals surface area contributed by atoms with Crippen molar-refractivity contribution in [1.82, 2.24) is 10.2 Å². The van der Waals surface area contributed by atoms with E-state index in [2.05, 4.69) is 21.2 Å². The molecule has 0 aliphatic rings. The highest BCUT2D eigenvalue weighted by Gasteiger charge is 2.32. The summed E-state index contributed by atoms with van der Waals surface area (Å²) in [5.74, 6) is -0.373. The maximum Gasteiger partial charge on any atom is 0.264 e. The number of amides is 2. The SMILES string of the molecule is CCC(C)NC(=O)C(C)N(Cc1cccc(Br)c1)C(=O)CN(c1ccc(Cl)cc1)S(=O)(=O)c1ccc(OC)cc1. The fraction of sp³-hybridized carbons (Fsp3) is 0.310. The summed E-state index contributed by atoms with van der Waals surface area (Å²) in [5.41, 5.74) is 1.04. The van der Waals surface area contributed by atoms with E-state index < -0.39 is 28.5 Å². The number of methoxy groups -OCH3 is 1. The minimum Gasteiger partial charge on any atom is -0.497 e. The number of carbonyl (C=O) groups is 2. The first kappa shape index (κ1) is 31.4. The molecule has 0 saturated heterocycles. The van der Waals surface area contributed by atoms with Crippen LogP contribution in [-0.4, -0.2) is 50.9 Å². The maximum atomic E-state index is 13.9. The van der Waals surface area contributed by atoms with E-state index in [4.69, 9.17) is 16.3 Å². The number of rotatable bonds is 12. The zero-order valence-electron chi connectivity index (χ0n) is 22.8. The third-order valence-electron chi connectivity index (χ3n) is 6.45. The van der Waals surface area contributed by atoms with Crippen LogP contribution in [-0.2, 0) is 26.2 Å². The topological polar surface area (TPSA) is 96.0 Å². The summed E-state index contributed by atoms with van der Waals surface area (Å²) in [6.45, 7) is 5.04. The Morgan fingerprint density at radius 1 is 1.02 bits per heavy atom. The molecular weight excluding hydrogens is 618 g/mol. The summed E-state index contributed by atoms with van der Waals surface area (Å²) < 4.78 is 34.7. The van der Waals surface area contributed by atoms with Crippen LogP contribution in [0.2, 0.25) is 5.02 Å². The second kappa shape index (κ2) is 14.0. The lowest BCUT2D eigenvalue weighted by atomic mass is 10.1. The lowest BCUT2D eigenvalue weighted by Gasteiger charge is -2.32. The molecule has 8 nitrogen and oxygen atoms in total. The smallest absolute Gasteiger partial charge is 0.264 e. The highest BCUT2D eigenvalue weighted by Crippen LogP contribution is 2.27. The van der Waals surface area contributed by atoms with E-state index >= 15 is 0 Å². The van der Waals surface area contributed by atoms with Crippen LogP contribution in [0.25, 0.3) is 0 Å². The van der Waals surface area contributed by atoms with Gasteiger partial charge in [-0.3, -0.25) is 13.9 Å². The second-order valence-corrected chi connectivity index (χ2v) is 12.5. The summed E-state index contributed by atoms with van der Waals surface area (Å²) in [6, 6.07) is 18.5. The first-order valence-corrected chi connectivity index (χ1v) is 15.3. The molecule has 3 rings (SSSR count). The lowest BCUT2D eigenvalue weighted by Crippen LogP contribution is -2.52. The number of nitrogens with zero attached hydrogens (tertiary/aromatic N) is 2. The Kier molecular flexibility index (Phi) is 11.0. The number of hydrogen-bond donors (Lipinski definition) is 1. The van der Waals surface area contributed by atoms with Crippen molar-refractivity contribution < 1.29 is 22.7 Å². The lowest BCUT2D eigenvalue weighted by molar-refractivity contribution is -0.139. The van der Waals surface area contributed by atoms with Gasteiger partial charge in [0.05, 0.1) is 17.7 Å². The molecule has 1 N–H and O–H groups in total. The molecule has 2 unspecified atom stereocenters. The quantitative estimate of drug-likeness (QED) is 0.274. The Labute approximate surface area is 249 Å². The Hall–Kier alpha value is -3.08. The largest absolute Gasteiger partial charge is 0.497 e. The molecule has 0 bridgehead atoms. The molecule has 0 spiro atoms. The first-order valence-electron chi connectivity index (χ1n) is 12.7. The number of nitrogens with one attached hydrogen (secondary N) is 1. The van der Waals surface area contributed by atoms with E-state index in [1.54, 1.807) is 19.1 Å². The van der Waals surface area contributed by atoms with Gasteiger partial charge < -0.3 is 15.0 Å². The van der Waals surface area contributed by atoms with Crippen molar-refractivity contribution in [1.29, 1.82) is 0 Å². The van der Waals surface area contributed by atoms with E-state index in [9.17, 15) is 18.0 Å². The van der Waals surface area contributed by atoms with E-state index in [0.717, 1.165) is 20.8 Å². The van der Waals surface area contributed by atoms with Crippen molar-refractivity contribution in [3.8, 4) is 5.75 Å². The Balaban J connectivity index is 2.02. The van der Waals surface area contributed by atoms with Gasteiger partial charge in [-0.1, -0.05) is 46.6 Å². The number of sulfonamides is 1. The van der Waals surface area contributed by atoms with Crippen LogP contribution >= 0.6 is 27.5 Å². The minimum atomic E-state index is -4.19. The fourth-order valence-electron chi connectivity index (χ4n) is 3.89. The molecule has 0 fully saturated rings. The highest BCUT2D eigenvalue weighted by molar-refractivity contribution is 9.10. The predicted octanol–water partition coefficient (Wildman–Crippen LogP) is 5.64. The molecule has 0 saturated carbocycles. The molecule has 0 heterocycles. The van der Waals surface area contributed by atoms with E-state index in [1.807, 2.05) is 38.1 Å². The van der Waals surface area contributed by atoms with Gasteiger partial charge in [0.15, 0.2) is 0 Å². The Morgan fingerprint density at radius 2 is 1.68 bits per heavy atom. The number of halogens is 2. The average molecular weight is 651 g/mol. The number of carbonyl (C=O) groups excluding carboxylic acids is 2. The van der Waals surface area contributed by atoms with Gasteiger partial charge in [-0.15, -0.1) is 0 Å². The van der Waals surface area contributed by atoms with Crippen molar-refractivity contribution in [2.24, 2.45) is 0 Å². The maximum absolute atomic E-state index is 13.9. The first-order chi connectivity index (χ1) is 19.0. The van der Waals surface area contributed by atoms with Gasteiger partial charge in [0, 0.05) is 22.1 Å². The van der Waals surface area contributed by atoms with E-state index in [0.29, 0.717) is 10.8 Å². The summed E-state index contributed by atoms with van der Waals surface area (Å²) in [6.07, 6.45) is 0.725. The Bertz CT molecular complexity index is 1420. The van der Waals surface area contributed by atoms with Crippen molar-refractivity contribution in [3.05, 3.63) is 87.9 Å². The van der Waals surface area contributed by atoms with Gasteiger partial charge in [-0.05, 0) is 86.5 Å². The van der Waals surface area contributed by atoms with Crippen LogP contribution in [0, 0.1) is 0 Å². The summed E-state index contributed by atoms with van der Waals surface area (Å²) >= 11 is 9.51. The van der Waals surface area contributed by atoms with Crippen LogP contribution in [0.4, 0.5) is 5.69 Å². The average Bonchev–Trinajstić information content (AvgIpc) is 2.94. The van der Waals surface area contributed by atoms with Gasteiger partial charge >= 0.3 is 0 Å². The molecule has 0 aromatic heterocycles. The van der Waals surface area contributed by atoms with Crippen molar-refractivity contribution >= 4 is 55.1 Å². The van der Waals surface area contributed by atoms with Crippen molar-refractivity contribution in [2.45, 2.75) is 50.7 Å². The molecule has 0 aliphatic heterocycles. The van der Waals surface area contributed by atoms with Crippen LogP contribution in [0.3, 0.4) is 0 Å². The minimum absolute atomic E-state index is 0.0165. The van der Waals surface area contributed by atoms with Crippen molar-refractivity contribution in [3.63, 3.8) is 0 Å². The van der Waals surface area contributed by atoms with Crippen LogP contribution < -0.4 is 14.4 Å². The van der Waals surface area contributed by atoms with Crippen molar-refractivity contribution in [2.75, 3.05) is 18.0 Å². The standard InChI is InChI=1S/C29H33BrClN3O5S/c1-5-20(2)32-29(36)21(3)33(18-22-7-6-8-23(30)17-22)28(35)19-34(25-11-9-24(31)10-12-25)40(37,38)27-15-13-26(39-4)14-16-27/h6-17,20-21H,5,18-19H2,1-4H3,(H,32,36). The van der Waals surface area contributed by atoms with Crippen LogP contribution in [0.15, 0.2) is 82.2 Å². The van der Waals surface area contributed by atoms with Crippen LogP contribution in [0.1, 0.15) is 32.8 Å². The third kappa shape index (κ3) is 7.99. The molecule has 40 heavy (non-hydrogen) atoms. The van der Waals surface area contributed by atoms with E-state index in [-0.39, 0.29) is 29.1 Å². The molecule has 2 atom stereocenters. The zero-order chi connectivity index (χ0) is 29.4. The highest BCUT2D eigenvalue weighted by atomic mass is 79.9. The zero-order valence-corrected chi connectivity index (χ0v) is 26.0. The molecule has 11 heteroatoms. The second-order valence-electron chi connectivity index (χ2n) is 9.31. The van der Waals surface area contributed by atoms with Gasteiger partial charge in [0.25, 0.3) is 10.0 Å². The summed E-state index contributed by atoms with van der Waals surface area (Å²) in [7, 11) is -2.70. The molecule has 3 aromatic carbocycles. The summed E-state index contributed by atoms with van der Waals surface area (Å²) in [4.78, 5) is 28.4. The van der Waals surface area contributed by atoms with E-state index in [1.165, 1.54) is 48.4 Å². The molecule has 0 aliphatic carbocycles. The van der Waals surface area contributed by atoms with Gasteiger partial charge in [0.1, 0.15) is 18.3 Å². The van der Waals surface area contributed by atoms with Gasteiger partial charge in [-0.2, -0.15) is 0 Å². The molecule has 0 radical (unpaired) electrons. The van der Waals surface area contributed by atoms with Crippen LogP contribution in [0.5, 0.6) is 5.75 Å². The third-order valence-corrected chi connectivity index (χ3v) is 8.98. The van der Waals surface area contributed by atoms with Gasteiger partial charge in [0.2, 0.25) is 11.8 Å². The number of hydrogen-bond acceptors (Lipinski definition) is 5. The molecule has 3 aromatic rings. The number of anilines is 1. The Morgan fingerprint density at radius 3 is 2.25 bits per heavy atom. The molecular formula is C29H33BrClN3O5S. The fourth-order valence-corrected chi connectivity index (χ4v) is 5.88. The monoisotopic (exact) mass is 649 g/mol. The normalized spacial score (nSPS) is 12.8. The van der Waals surface area contributed by atoms with Gasteiger partial charge in [-0.25, -0.2) is 8.42 Å². The predicted molar refractivity (Wildman–Crippen MR) is 161 cm³/mol. The molecule has 2 amide bonds. The molecule has 214 valence electrons. The number of benzene rings is 3.